The van der Waals surface area contributed by atoms with E-state index in [1.807, 2.05) is 49.1 Å². The van der Waals surface area contributed by atoms with E-state index in [0.717, 1.165) is 5.56 Å². The summed E-state index contributed by atoms with van der Waals surface area (Å²) in [4.78, 5) is 33.6. The third-order valence-electron chi connectivity index (χ3n) is 4.64. The van der Waals surface area contributed by atoms with Crippen LogP contribution in [0.1, 0.15) is 37.5 Å². The number of benzene rings is 1. The lowest BCUT2D eigenvalue weighted by atomic mass is 10.0. The Balaban J connectivity index is 1.79. The Morgan fingerprint density at radius 3 is 2.63 bits per heavy atom. The van der Waals surface area contributed by atoms with Gasteiger partial charge in [-0.15, -0.1) is 0 Å². The largest absolute Gasteiger partial charge is 0.339 e. The lowest BCUT2D eigenvalue weighted by molar-refractivity contribution is -0.152. The number of piperazine rings is 1. The molecule has 1 fully saturated rings. The Morgan fingerprint density at radius 1 is 1.26 bits per heavy atom. The van der Waals surface area contributed by atoms with Crippen molar-refractivity contribution in [3.8, 4) is 0 Å². The molecule has 0 bridgehead atoms. The van der Waals surface area contributed by atoms with Gasteiger partial charge in [0.25, 0.3) is 0 Å². The van der Waals surface area contributed by atoms with Crippen molar-refractivity contribution in [2.75, 3.05) is 13.1 Å². The zero-order chi connectivity index (χ0) is 19.4. The van der Waals surface area contributed by atoms with Crippen LogP contribution in [0.15, 0.2) is 34.9 Å². The van der Waals surface area contributed by atoms with E-state index < -0.39 is 6.04 Å². The minimum Gasteiger partial charge on any atom is -0.339 e. The quantitative estimate of drug-likeness (QED) is 0.779. The molecule has 1 saturated heterocycles. The van der Waals surface area contributed by atoms with E-state index in [9.17, 15) is 9.59 Å². The van der Waals surface area contributed by atoms with Crippen molar-refractivity contribution in [2.45, 2.75) is 46.2 Å². The van der Waals surface area contributed by atoms with Crippen LogP contribution in [-0.2, 0) is 22.6 Å². The molecule has 3 rings (SSSR count). The van der Waals surface area contributed by atoms with Crippen LogP contribution in [0.3, 0.4) is 0 Å². The number of aromatic nitrogens is 2. The molecule has 1 unspecified atom stereocenters. The summed E-state index contributed by atoms with van der Waals surface area (Å²) in [5.41, 5.74) is 1.07. The predicted molar refractivity (Wildman–Crippen MR) is 99.6 cm³/mol. The molecule has 1 atom stereocenters. The van der Waals surface area contributed by atoms with Crippen molar-refractivity contribution in [3.05, 3.63) is 47.6 Å². The summed E-state index contributed by atoms with van der Waals surface area (Å²) in [5.74, 6) is 1.07. The molecule has 2 amide bonds. The molecule has 7 heteroatoms. The molecule has 1 aromatic heterocycles. The monoisotopic (exact) mass is 370 g/mol. The molecule has 7 nitrogen and oxygen atoms in total. The van der Waals surface area contributed by atoms with Gasteiger partial charge < -0.3 is 14.3 Å². The normalized spacial score (nSPS) is 17.6. The van der Waals surface area contributed by atoms with E-state index in [2.05, 4.69) is 10.1 Å². The first-order valence-corrected chi connectivity index (χ1v) is 9.35. The van der Waals surface area contributed by atoms with E-state index >= 15 is 0 Å². The predicted octanol–water partition coefficient (Wildman–Crippen LogP) is 2.21. The van der Waals surface area contributed by atoms with E-state index in [0.29, 0.717) is 37.8 Å². The zero-order valence-corrected chi connectivity index (χ0v) is 16.1. The number of aryl methyl sites for hydroxylation is 1. The van der Waals surface area contributed by atoms with Gasteiger partial charge >= 0.3 is 0 Å². The first-order chi connectivity index (χ1) is 12.9. The number of nitrogens with zero attached hydrogens (tertiary/aromatic N) is 4. The number of amides is 2. The summed E-state index contributed by atoms with van der Waals surface area (Å²) in [7, 11) is 0. The van der Waals surface area contributed by atoms with Gasteiger partial charge in [-0.1, -0.05) is 49.3 Å². The minimum atomic E-state index is -0.603. The lowest BCUT2D eigenvalue weighted by Crippen LogP contribution is -2.59. The fraction of sp³-hybridized carbons (Fsp3) is 0.500. The second kappa shape index (κ2) is 8.33. The van der Waals surface area contributed by atoms with Crippen molar-refractivity contribution in [1.82, 2.24) is 19.9 Å². The highest BCUT2D eigenvalue weighted by Crippen LogP contribution is 2.20. The molecule has 1 aromatic carbocycles. The summed E-state index contributed by atoms with van der Waals surface area (Å²) in [6, 6.07) is 9.27. The Labute approximate surface area is 159 Å². The van der Waals surface area contributed by atoms with Crippen molar-refractivity contribution in [2.24, 2.45) is 5.92 Å². The summed E-state index contributed by atoms with van der Waals surface area (Å²) >= 11 is 0. The second-order valence-electron chi connectivity index (χ2n) is 7.39. The van der Waals surface area contributed by atoms with Gasteiger partial charge in [0.2, 0.25) is 17.7 Å². The third kappa shape index (κ3) is 4.72. The highest BCUT2D eigenvalue weighted by molar-refractivity contribution is 5.89. The molecule has 144 valence electrons. The number of hydrogen-bond donors (Lipinski definition) is 0. The number of carbonyl (C=O) groups is 2. The van der Waals surface area contributed by atoms with E-state index in [4.69, 9.17) is 4.52 Å². The topological polar surface area (TPSA) is 79.5 Å². The average Bonchev–Trinajstić information content (AvgIpc) is 3.03. The molecular formula is C20H26N4O3. The fourth-order valence-electron chi connectivity index (χ4n) is 3.35. The number of rotatable bonds is 6. The lowest BCUT2D eigenvalue weighted by Gasteiger charge is -2.40. The molecule has 2 aromatic rings. The molecule has 1 aliphatic rings. The first kappa shape index (κ1) is 19.1. The summed E-state index contributed by atoms with van der Waals surface area (Å²) < 4.78 is 5.21. The Kier molecular flexibility index (Phi) is 5.88. The van der Waals surface area contributed by atoms with Gasteiger partial charge in [-0.25, -0.2) is 0 Å². The van der Waals surface area contributed by atoms with Gasteiger partial charge in [0.15, 0.2) is 5.82 Å². The minimum absolute atomic E-state index is 0.000974. The standard InChI is InChI=1S/C20H26N4O3/c1-14(2)11-19(25)24-10-9-23(13-16-7-5-4-6-8-16)20(26)17(24)12-18-21-15(3)22-27-18/h4-8,14,17H,9-13H2,1-3H3. The van der Waals surface area contributed by atoms with Crippen LogP contribution >= 0.6 is 0 Å². The van der Waals surface area contributed by atoms with Crippen LogP contribution in [0.25, 0.3) is 0 Å². The fourth-order valence-corrected chi connectivity index (χ4v) is 3.35. The average molecular weight is 370 g/mol. The second-order valence-corrected chi connectivity index (χ2v) is 7.39. The first-order valence-electron chi connectivity index (χ1n) is 9.35. The van der Waals surface area contributed by atoms with Gasteiger partial charge in [-0.05, 0) is 18.4 Å². The Morgan fingerprint density at radius 2 is 2.00 bits per heavy atom. The van der Waals surface area contributed by atoms with Crippen LogP contribution < -0.4 is 0 Å². The molecule has 27 heavy (non-hydrogen) atoms. The molecule has 0 radical (unpaired) electrons. The van der Waals surface area contributed by atoms with Gasteiger partial charge in [0.05, 0.1) is 6.42 Å². The van der Waals surface area contributed by atoms with Gasteiger partial charge in [0, 0.05) is 26.1 Å². The molecule has 1 aliphatic heterocycles. The summed E-state index contributed by atoms with van der Waals surface area (Å²) in [6.45, 7) is 7.31. The maximum atomic E-state index is 13.2. The van der Waals surface area contributed by atoms with Gasteiger partial charge in [0.1, 0.15) is 6.04 Å². The number of hydrogen-bond acceptors (Lipinski definition) is 5. The molecule has 0 aliphatic carbocycles. The van der Waals surface area contributed by atoms with Crippen LogP contribution in [0.4, 0.5) is 0 Å². The van der Waals surface area contributed by atoms with Crippen molar-refractivity contribution in [3.63, 3.8) is 0 Å². The molecule has 0 N–H and O–H groups in total. The van der Waals surface area contributed by atoms with Crippen LogP contribution in [-0.4, -0.2) is 50.9 Å². The molecule has 0 saturated carbocycles. The van der Waals surface area contributed by atoms with Crippen LogP contribution in [0, 0.1) is 12.8 Å². The molecular weight excluding hydrogens is 344 g/mol. The van der Waals surface area contributed by atoms with Crippen molar-refractivity contribution < 1.29 is 14.1 Å². The van der Waals surface area contributed by atoms with Crippen LogP contribution in [0.5, 0.6) is 0 Å². The summed E-state index contributed by atoms with van der Waals surface area (Å²) in [5, 5.41) is 3.80. The van der Waals surface area contributed by atoms with Gasteiger partial charge in [-0.3, -0.25) is 9.59 Å². The maximum absolute atomic E-state index is 13.2. The van der Waals surface area contributed by atoms with E-state index in [-0.39, 0.29) is 24.2 Å². The number of carbonyl (C=O) groups excluding carboxylic acids is 2. The summed E-state index contributed by atoms with van der Waals surface area (Å²) in [6.07, 6.45) is 0.667. The highest BCUT2D eigenvalue weighted by Gasteiger charge is 2.38. The van der Waals surface area contributed by atoms with E-state index in [1.165, 1.54) is 0 Å². The maximum Gasteiger partial charge on any atom is 0.246 e. The molecule has 0 spiro atoms. The van der Waals surface area contributed by atoms with Crippen LogP contribution in [0.2, 0.25) is 0 Å². The molecule has 2 heterocycles. The van der Waals surface area contributed by atoms with Crippen molar-refractivity contribution in [1.29, 1.82) is 0 Å². The highest BCUT2D eigenvalue weighted by atomic mass is 16.5. The third-order valence-corrected chi connectivity index (χ3v) is 4.64. The zero-order valence-electron chi connectivity index (χ0n) is 16.1. The Hall–Kier alpha value is -2.70. The SMILES string of the molecule is Cc1noc(CC2C(=O)N(Cc3ccccc3)CCN2C(=O)CC(C)C)n1. The van der Waals surface area contributed by atoms with Crippen molar-refractivity contribution >= 4 is 11.8 Å². The smallest absolute Gasteiger partial charge is 0.246 e. The van der Waals surface area contributed by atoms with E-state index in [1.54, 1.807) is 11.8 Å². The van der Waals surface area contributed by atoms with Gasteiger partial charge in [-0.2, -0.15) is 4.98 Å². The Bertz CT molecular complexity index is 788.